The van der Waals surface area contributed by atoms with Crippen molar-refractivity contribution in [1.82, 2.24) is 0 Å². The highest BCUT2D eigenvalue weighted by Gasteiger charge is 2.21. The van der Waals surface area contributed by atoms with Crippen molar-refractivity contribution in [3.05, 3.63) is 28.3 Å². The van der Waals surface area contributed by atoms with Gasteiger partial charge in [-0.25, -0.2) is 8.42 Å². The molecule has 172 valence electrons. The number of nitro groups is 1. The fourth-order valence-corrected chi connectivity index (χ4v) is 4.39. The SMILES string of the molecule is CCCCCCCCCCCCCCCCOc1ccc([N+](=O)[O-])cc1S(=O)(=O)Cl. The van der Waals surface area contributed by atoms with Crippen molar-refractivity contribution in [2.24, 2.45) is 0 Å². The third-order valence-corrected chi connectivity index (χ3v) is 6.50. The van der Waals surface area contributed by atoms with Gasteiger partial charge in [0.05, 0.1) is 11.5 Å². The van der Waals surface area contributed by atoms with Gasteiger partial charge in [0.2, 0.25) is 0 Å². The van der Waals surface area contributed by atoms with Crippen LogP contribution in [0.1, 0.15) is 96.8 Å². The van der Waals surface area contributed by atoms with Crippen LogP contribution < -0.4 is 4.74 Å². The number of benzene rings is 1. The predicted octanol–water partition coefficient (Wildman–Crippen LogP) is 7.38. The molecule has 0 saturated carbocycles. The standard InChI is InChI=1S/C22H36ClNO5S/c1-2-3-4-5-6-7-8-9-10-11-12-13-14-15-18-29-21-17-16-20(24(25)26)19-22(21)30(23,27)28/h16-17,19H,2-15,18H2,1H3. The van der Waals surface area contributed by atoms with E-state index in [0.717, 1.165) is 25.3 Å². The minimum atomic E-state index is -4.12. The Bertz CT molecular complexity index is 724. The summed E-state index contributed by atoms with van der Waals surface area (Å²) in [6.07, 6.45) is 17.5. The molecule has 0 radical (unpaired) electrons. The van der Waals surface area contributed by atoms with E-state index >= 15 is 0 Å². The Morgan fingerprint density at radius 2 is 1.33 bits per heavy atom. The Labute approximate surface area is 185 Å². The second-order valence-corrected chi connectivity index (χ2v) is 10.3. The Morgan fingerprint density at radius 1 is 0.867 bits per heavy atom. The summed E-state index contributed by atoms with van der Waals surface area (Å²) in [5.74, 6) is 0.0605. The number of non-ortho nitro benzene ring substituents is 1. The van der Waals surface area contributed by atoms with Gasteiger partial charge >= 0.3 is 0 Å². The van der Waals surface area contributed by atoms with Crippen molar-refractivity contribution in [3.8, 4) is 5.75 Å². The van der Waals surface area contributed by atoms with Crippen LogP contribution in [0.3, 0.4) is 0 Å². The van der Waals surface area contributed by atoms with E-state index in [0.29, 0.717) is 6.61 Å². The Morgan fingerprint density at radius 3 is 1.77 bits per heavy atom. The van der Waals surface area contributed by atoms with E-state index in [9.17, 15) is 18.5 Å². The average Bonchev–Trinajstić information content (AvgIpc) is 2.70. The van der Waals surface area contributed by atoms with Crippen LogP contribution in [0.4, 0.5) is 5.69 Å². The van der Waals surface area contributed by atoms with Crippen molar-refractivity contribution in [3.63, 3.8) is 0 Å². The van der Waals surface area contributed by atoms with E-state index in [4.69, 9.17) is 15.4 Å². The summed E-state index contributed by atoms with van der Waals surface area (Å²) in [6, 6.07) is 3.44. The molecule has 0 unspecified atom stereocenters. The first-order chi connectivity index (χ1) is 14.4. The van der Waals surface area contributed by atoms with Crippen LogP contribution in [0.5, 0.6) is 5.75 Å². The van der Waals surface area contributed by atoms with Gasteiger partial charge in [0, 0.05) is 22.8 Å². The molecule has 6 nitrogen and oxygen atoms in total. The summed E-state index contributed by atoms with van der Waals surface area (Å²) in [6.45, 7) is 2.60. The van der Waals surface area contributed by atoms with Crippen LogP contribution >= 0.6 is 10.7 Å². The monoisotopic (exact) mass is 461 g/mol. The zero-order chi connectivity index (χ0) is 22.2. The van der Waals surface area contributed by atoms with E-state index in [2.05, 4.69) is 6.92 Å². The summed E-state index contributed by atoms with van der Waals surface area (Å²) >= 11 is 0. The number of hydrogen-bond donors (Lipinski definition) is 0. The lowest BCUT2D eigenvalue weighted by Crippen LogP contribution is -2.03. The highest BCUT2D eigenvalue weighted by molar-refractivity contribution is 8.13. The summed E-state index contributed by atoms with van der Waals surface area (Å²) < 4.78 is 28.8. The van der Waals surface area contributed by atoms with Crippen molar-refractivity contribution in [2.45, 2.75) is 102 Å². The Kier molecular flexibility index (Phi) is 13.8. The molecule has 1 rings (SSSR count). The van der Waals surface area contributed by atoms with E-state index < -0.39 is 14.0 Å². The van der Waals surface area contributed by atoms with Gasteiger partial charge in [-0.1, -0.05) is 90.4 Å². The molecule has 1 aromatic rings. The van der Waals surface area contributed by atoms with Crippen LogP contribution in [-0.2, 0) is 9.05 Å². The number of unbranched alkanes of at least 4 members (excludes halogenated alkanes) is 13. The number of hydrogen-bond acceptors (Lipinski definition) is 5. The van der Waals surface area contributed by atoms with Crippen LogP contribution in [0.2, 0.25) is 0 Å². The summed E-state index contributed by atoms with van der Waals surface area (Å²) in [5, 5.41) is 10.8. The van der Waals surface area contributed by atoms with Gasteiger partial charge in [0.25, 0.3) is 14.7 Å². The first kappa shape index (κ1) is 26.7. The highest BCUT2D eigenvalue weighted by atomic mass is 35.7. The molecule has 0 fully saturated rings. The average molecular weight is 462 g/mol. The maximum atomic E-state index is 11.7. The lowest BCUT2D eigenvalue weighted by molar-refractivity contribution is -0.385. The minimum absolute atomic E-state index is 0.0605. The Balaban J connectivity index is 2.11. The Hall–Kier alpha value is -1.34. The van der Waals surface area contributed by atoms with Gasteiger partial charge < -0.3 is 4.74 Å². The molecule has 0 aliphatic heterocycles. The molecular weight excluding hydrogens is 426 g/mol. The molecule has 0 atom stereocenters. The molecule has 0 aliphatic carbocycles. The number of rotatable bonds is 18. The molecule has 8 heteroatoms. The van der Waals surface area contributed by atoms with Crippen molar-refractivity contribution in [1.29, 1.82) is 0 Å². The molecule has 0 amide bonds. The van der Waals surface area contributed by atoms with Gasteiger partial charge in [-0.3, -0.25) is 10.1 Å². The zero-order valence-electron chi connectivity index (χ0n) is 18.1. The first-order valence-corrected chi connectivity index (χ1v) is 13.5. The molecule has 0 spiro atoms. The van der Waals surface area contributed by atoms with Gasteiger partial charge in [-0.2, -0.15) is 0 Å². The van der Waals surface area contributed by atoms with Gasteiger partial charge in [-0.05, 0) is 12.5 Å². The second-order valence-electron chi connectivity index (χ2n) is 7.77. The predicted molar refractivity (Wildman–Crippen MR) is 122 cm³/mol. The fraction of sp³-hybridized carbons (Fsp3) is 0.727. The largest absolute Gasteiger partial charge is 0.492 e. The quantitative estimate of drug-likeness (QED) is 0.0984. The summed E-state index contributed by atoms with van der Waals surface area (Å²) in [7, 11) is 1.26. The molecular formula is C22H36ClNO5S. The fourth-order valence-electron chi connectivity index (χ4n) is 3.40. The van der Waals surface area contributed by atoms with E-state index in [-0.39, 0.29) is 16.3 Å². The summed E-state index contributed by atoms with van der Waals surface area (Å²) in [4.78, 5) is 9.80. The first-order valence-electron chi connectivity index (χ1n) is 11.2. The normalized spacial score (nSPS) is 11.5. The minimum Gasteiger partial charge on any atom is -0.492 e. The lowest BCUT2D eigenvalue weighted by Gasteiger charge is -2.09. The summed E-state index contributed by atoms with van der Waals surface area (Å²) in [5.41, 5.74) is -0.335. The lowest BCUT2D eigenvalue weighted by atomic mass is 10.0. The van der Waals surface area contributed by atoms with Gasteiger partial charge in [-0.15, -0.1) is 0 Å². The molecule has 1 aromatic carbocycles. The van der Waals surface area contributed by atoms with Crippen LogP contribution in [0, 0.1) is 10.1 Å². The van der Waals surface area contributed by atoms with Gasteiger partial charge in [0.1, 0.15) is 10.6 Å². The number of halogens is 1. The maximum absolute atomic E-state index is 11.7. The molecule has 0 bridgehead atoms. The van der Waals surface area contributed by atoms with E-state index in [1.807, 2.05) is 0 Å². The number of nitro benzene ring substituents is 1. The van der Waals surface area contributed by atoms with Crippen molar-refractivity contribution in [2.75, 3.05) is 6.61 Å². The topological polar surface area (TPSA) is 86.5 Å². The molecule has 0 aliphatic rings. The molecule has 30 heavy (non-hydrogen) atoms. The highest BCUT2D eigenvalue weighted by Crippen LogP contribution is 2.31. The van der Waals surface area contributed by atoms with E-state index in [1.165, 1.54) is 82.8 Å². The zero-order valence-corrected chi connectivity index (χ0v) is 19.7. The third kappa shape index (κ3) is 11.7. The van der Waals surface area contributed by atoms with Crippen molar-refractivity contribution >= 4 is 25.4 Å². The molecule has 0 aromatic heterocycles. The van der Waals surface area contributed by atoms with E-state index in [1.54, 1.807) is 0 Å². The third-order valence-electron chi connectivity index (χ3n) is 5.16. The molecule has 0 heterocycles. The second kappa shape index (κ2) is 15.5. The van der Waals surface area contributed by atoms with Crippen LogP contribution in [0.25, 0.3) is 0 Å². The molecule has 0 N–H and O–H groups in total. The smallest absolute Gasteiger partial charge is 0.271 e. The number of ether oxygens (including phenoxy) is 1. The van der Waals surface area contributed by atoms with Crippen LogP contribution in [-0.4, -0.2) is 19.9 Å². The van der Waals surface area contributed by atoms with Gasteiger partial charge in [0.15, 0.2) is 0 Å². The maximum Gasteiger partial charge on any atom is 0.271 e. The van der Waals surface area contributed by atoms with Crippen LogP contribution in [0.15, 0.2) is 23.1 Å². The molecule has 0 saturated heterocycles. The number of nitrogens with zero attached hydrogens (tertiary/aromatic N) is 1. The van der Waals surface area contributed by atoms with Crippen molar-refractivity contribution < 1.29 is 18.1 Å².